The summed E-state index contributed by atoms with van der Waals surface area (Å²) in [4.78, 5) is -0.713. The highest BCUT2D eigenvalue weighted by Gasteiger charge is 2.34. The van der Waals surface area contributed by atoms with Gasteiger partial charge in [0.05, 0.1) is 12.2 Å². The SMILES string of the molecule is Cc1cc(C(F)(F)F)ccc1[C@H]1CCOc2cc(S(=O)(=O)Oc3c(F)c(F)c(F)c(F)c3F)ccc21. The van der Waals surface area contributed by atoms with Crippen LogP contribution in [0.2, 0.25) is 0 Å². The van der Waals surface area contributed by atoms with Crippen molar-refractivity contribution < 1.29 is 52.5 Å². The van der Waals surface area contributed by atoms with E-state index >= 15 is 0 Å². The molecule has 192 valence electrons. The van der Waals surface area contributed by atoms with E-state index in [9.17, 15) is 43.5 Å². The lowest BCUT2D eigenvalue weighted by Crippen LogP contribution is -2.18. The molecule has 0 spiro atoms. The van der Waals surface area contributed by atoms with Crippen molar-refractivity contribution >= 4 is 10.1 Å². The highest BCUT2D eigenvalue weighted by atomic mass is 32.2. The molecule has 0 N–H and O–H groups in total. The van der Waals surface area contributed by atoms with E-state index in [4.69, 9.17) is 4.74 Å². The topological polar surface area (TPSA) is 52.6 Å². The van der Waals surface area contributed by atoms with Gasteiger partial charge in [0, 0.05) is 17.5 Å². The molecular formula is C23H14F8O4S. The largest absolute Gasteiger partial charge is 0.493 e. The quantitative estimate of drug-likeness (QED) is 0.167. The lowest BCUT2D eigenvalue weighted by atomic mass is 9.84. The van der Waals surface area contributed by atoms with E-state index in [-0.39, 0.29) is 12.4 Å². The van der Waals surface area contributed by atoms with Crippen molar-refractivity contribution in [3.05, 3.63) is 87.7 Å². The van der Waals surface area contributed by atoms with Crippen molar-refractivity contribution in [2.24, 2.45) is 0 Å². The molecule has 4 rings (SSSR count). The van der Waals surface area contributed by atoms with Crippen molar-refractivity contribution in [1.82, 2.24) is 0 Å². The minimum Gasteiger partial charge on any atom is -0.493 e. The van der Waals surface area contributed by atoms with Gasteiger partial charge in [-0.15, -0.1) is 0 Å². The predicted molar refractivity (Wildman–Crippen MR) is 109 cm³/mol. The van der Waals surface area contributed by atoms with Crippen molar-refractivity contribution in [3.63, 3.8) is 0 Å². The molecule has 36 heavy (non-hydrogen) atoms. The second-order valence-electron chi connectivity index (χ2n) is 7.89. The Hall–Kier alpha value is -3.35. The number of ether oxygens (including phenoxy) is 1. The standard InChI is InChI=1S/C23H14F8O4S/c1-10-8-11(23(29,30)31)2-4-13(10)14-6-7-34-16-9-12(3-5-15(14)16)36(32,33)35-22-20(27)18(25)17(24)19(26)21(22)28/h2-5,8-9,14H,6-7H2,1H3/t14-/m1/s1. The molecule has 0 saturated carbocycles. The fourth-order valence-corrected chi connectivity index (χ4v) is 4.86. The Morgan fingerprint density at radius 1 is 0.861 bits per heavy atom. The number of rotatable bonds is 4. The van der Waals surface area contributed by atoms with Crippen LogP contribution < -0.4 is 8.92 Å². The van der Waals surface area contributed by atoms with Crippen molar-refractivity contribution in [2.75, 3.05) is 6.61 Å². The number of aryl methyl sites for hydroxylation is 1. The zero-order valence-corrected chi connectivity index (χ0v) is 18.8. The van der Waals surface area contributed by atoms with Crippen LogP contribution in [0.4, 0.5) is 35.1 Å². The number of fused-ring (bicyclic) bond motifs is 1. The molecule has 4 nitrogen and oxygen atoms in total. The molecule has 0 aromatic heterocycles. The molecule has 0 radical (unpaired) electrons. The van der Waals surface area contributed by atoms with Crippen LogP contribution in [-0.4, -0.2) is 15.0 Å². The molecule has 0 saturated heterocycles. The molecule has 0 fully saturated rings. The first-order chi connectivity index (χ1) is 16.7. The van der Waals surface area contributed by atoms with Crippen LogP contribution >= 0.6 is 0 Å². The zero-order chi connectivity index (χ0) is 26.6. The first kappa shape index (κ1) is 25.7. The van der Waals surface area contributed by atoms with Gasteiger partial charge in [0.25, 0.3) is 0 Å². The smallest absolute Gasteiger partial charge is 0.416 e. The molecule has 0 amide bonds. The van der Waals surface area contributed by atoms with E-state index < -0.39 is 67.5 Å². The molecule has 3 aromatic carbocycles. The van der Waals surface area contributed by atoms with Gasteiger partial charge in [0.2, 0.25) is 34.8 Å². The van der Waals surface area contributed by atoms with Gasteiger partial charge in [-0.3, -0.25) is 0 Å². The third kappa shape index (κ3) is 4.47. The summed E-state index contributed by atoms with van der Waals surface area (Å²) < 4.78 is 142. The number of halogens is 8. The highest BCUT2D eigenvalue weighted by Crippen LogP contribution is 2.42. The molecule has 13 heteroatoms. The lowest BCUT2D eigenvalue weighted by Gasteiger charge is -2.28. The fraction of sp³-hybridized carbons (Fsp3) is 0.217. The van der Waals surface area contributed by atoms with Crippen LogP contribution in [0.25, 0.3) is 0 Å². The summed E-state index contributed by atoms with van der Waals surface area (Å²) in [5, 5.41) is 0. The summed E-state index contributed by atoms with van der Waals surface area (Å²) in [6.07, 6.45) is -4.18. The van der Waals surface area contributed by atoms with Crippen LogP contribution in [0.3, 0.4) is 0 Å². The molecular weight excluding hydrogens is 524 g/mol. The Morgan fingerprint density at radius 2 is 1.44 bits per heavy atom. The highest BCUT2D eigenvalue weighted by molar-refractivity contribution is 7.87. The number of hydrogen-bond acceptors (Lipinski definition) is 4. The summed E-state index contributed by atoms with van der Waals surface area (Å²) in [7, 11) is -5.09. The Kier molecular flexibility index (Phi) is 6.40. The van der Waals surface area contributed by atoms with E-state index in [0.717, 1.165) is 24.3 Å². The molecule has 1 atom stereocenters. The van der Waals surface area contributed by atoms with Crippen LogP contribution in [0.1, 0.15) is 34.6 Å². The van der Waals surface area contributed by atoms with Crippen molar-refractivity contribution in [3.8, 4) is 11.5 Å². The van der Waals surface area contributed by atoms with Gasteiger partial charge in [-0.1, -0.05) is 12.1 Å². The van der Waals surface area contributed by atoms with Crippen LogP contribution in [0, 0.1) is 36.0 Å². The lowest BCUT2D eigenvalue weighted by molar-refractivity contribution is -0.137. The van der Waals surface area contributed by atoms with Gasteiger partial charge in [0.1, 0.15) is 10.6 Å². The van der Waals surface area contributed by atoms with Crippen LogP contribution in [0.15, 0.2) is 41.3 Å². The van der Waals surface area contributed by atoms with Gasteiger partial charge in [-0.25, -0.2) is 13.2 Å². The first-order valence-corrected chi connectivity index (χ1v) is 11.5. The maximum absolute atomic E-state index is 13.9. The average Bonchev–Trinajstić information content (AvgIpc) is 2.83. The Morgan fingerprint density at radius 3 is 2.03 bits per heavy atom. The predicted octanol–water partition coefficient (Wildman–Crippen LogP) is 6.39. The molecule has 1 heterocycles. The monoisotopic (exact) mass is 538 g/mol. The third-order valence-electron chi connectivity index (χ3n) is 5.65. The fourth-order valence-electron chi connectivity index (χ4n) is 3.91. The zero-order valence-electron chi connectivity index (χ0n) is 18.0. The summed E-state index contributed by atoms with van der Waals surface area (Å²) >= 11 is 0. The van der Waals surface area contributed by atoms with E-state index in [0.29, 0.717) is 23.1 Å². The number of hydrogen-bond donors (Lipinski definition) is 0. The van der Waals surface area contributed by atoms with E-state index in [2.05, 4.69) is 4.18 Å². The minimum absolute atomic E-state index is 0.00682. The molecule has 0 bridgehead atoms. The van der Waals surface area contributed by atoms with Gasteiger partial charge >= 0.3 is 16.3 Å². The summed E-state index contributed by atoms with van der Waals surface area (Å²) in [6.45, 7) is 1.55. The molecule has 3 aromatic rings. The second-order valence-corrected chi connectivity index (χ2v) is 9.44. The van der Waals surface area contributed by atoms with E-state index in [1.54, 1.807) is 0 Å². The van der Waals surface area contributed by atoms with E-state index in [1.165, 1.54) is 19.1 Å². The minimum atomic E-state index is -5.09. The van der Waals surface area contributed by atoms with Crippen LogP contribution in [0.5, 0.6) is 11.5 Å². The molecule has 1 aliphatic heterocycles. The molecule has 0 unspecified atom stereocenters. The first-order valence-electron chi connectivity index (χ1n) is 10.1. The summed E-state index contributed by atoms with van der Waals surface area (Å²) in [5.74, 6) is -14.7. The van der Waals surface area contributed by atoms with E-state index in [1.807, 2.05) is 0 Å². The summed E-state index contributed by atoms with van der Waals surface area (Å²) in [5.41, 5.74) is 0.469. The maximum atomic E-state index is 13.9. The van der Waals surface area contributed by atoms with Crippen molar-refractivity contribution in [2.45, 2.75) is 30.3 Å². The molecule has 0 aliphatic carbocycles. The normalized spacial score (nSPS) is 15.9. The second kappa shape index (κ2) is 8.95. The van der Waals surface area contributed by atoms with Crippen molar-refractivity contribution in [1.29, 1.82) is 0 Å². The van der Waals surface area contributed by atoms with Crippen LogP contribution in [-0.2, 0) is 16.3 Å². The Bertz CT molecular complexity index is 1440. The van der Waals surface area contributed by atoms with Gasteiger partial charge in [-0.05, 0) is 42.7 Å². The number of benzene rings is 3. The van der Waals surface area contributed by atoms with Gasteiger partial charge in [0.15, 0.2) is 0 Å². The Balaban J connectivity index is 1.70. The molecule has 1 aliphatic rings. The third-order valence-corrected chi connectivity index (χ3v) is 6.87. The maximum Gasteiger partial charge on any atom is 0.416 e. The van der Waals surface area contributed by atoms with Gasteiger partial charge in [-0.2, -0.15) is 30.4 Å². The van der Waals surface area contributed by atoms with Gasteiger partial charge < -0.3 is 8.92 Å². The number of alkyl halides is 3. The summed E-state index contributed by atoms with van der Waals surface area (Å²) in [6, 6.07) is 6.39. The Labute approximate surface area is 199 Å². The average molecular weight is 538 g/mol.